The highest BCUT2D eigenvalue weighted by molar-refractivity contribution is 5.86. The van der Waals surface area contributed by atoms with Crippen LogP contribution in [0.1, 0.15) is 19.8 Å². The number of hydrogen-bond donors (Lipinski definition) is 2. The van der Waals surface area contributed by atoms with Crippen LogP contribution in [0.3, 0.4) is 0 Å². The molecule has 1 spiro atoms. The summed E-state index contributed by atoms with van der Waals surface area (Å²) < 4.78 is 0. The van der Waals surface area contributed by atoms with Crippen molar-refractivity contribution in [2.75, 3.05) is 13.1 Å². The van der Waals surface area contributed by atoms with Crippen LogP contribution < -0.4 is 11.1 Å². The molecular formula is C9H15N3O2. The van der Waals surface area contributed by atoms with Gasteiger partial charge in [0.25, 0.3) is 0 Å². The van der Waals surface area contributed by atoms with Gasteiger partial charge in [-0.25, -0.2) is 0 Å². The third-order valence-corrected chi connectivity index (χ3v) is 2.96. The van der Waals surface area contributed by atoms with Crippen LogP contribution in [0.5, 0.6) is 0 Å². The summed E-state index contributed by atoms with van der Waals surface area (Å²) in [4.78, 5) is 24.1. The minimum Gasteiger partial charge on any atom is -0.348 e. The predicted octanol–water partition coefficient (Wildman–Crippen LogP) is -1.18. The molecule has 2 amide bonds. The predicted molar refractivity (Wildman–Crippen MR) is 50.3 cm³/mol. The molecule has 2 saturated heterocycles. The Bertz CT molecular complexity index is 280. The second-order valence-corrected chi connectivity index (χ2v) is 4.30. The number of likely N-dealkylation sites (tertiary alicyclic amines) is 1. The maximum absolute atomic E-state index is 11.5. The molecule has 0 saturated carbocycles. The molecule has 0 radical (unpaired) electrons. The third kappa shape index (κ3) is 1.37. The van der Waals surface area contributed by atoms with Gasteiger partial charge in [-0.1, -0.05) is 0 Å². The van der Waals surface area contributed by atoms with Crippen molar-refractivity contribution in [3.8, 4) is 0 Å². The number of nitrogens with two attached hydrogens (primary N) is 1. The molecule has 3 N–H and O–H groups in total. The molecule has 2 fully saturated rings. The Labute approximate surface area is 82.6 Å². The highest BCUT2D eigenvalue weighted by atomic mass is 16.2. The summed E-state index contributed by atoms with van der Waals surface area (Å²) in [6, 6.07) is -0.444. The second-order valence-electron chi connectivity index (χ2n) is 4.30. The lowest BCUT2D eigenvalue weighted by Crippen LogP contribution is -2.62. The zero-order valence-electron chi connectivity index (χ0n) is 8.25. The molecule has 0 unspecified atom stereocenters. The van der Waals surface area contributed by atoms with E-state index in [2.05, 4.69) is 5.32 Å². The minimum absolute atomic E-state index is 0.0250. The molecular weight excluding hydrogens is 182 g/mol. The number of hydrogen-bond acceptors (Lipinski definition) is 3. The average Bonchev–Trinajstić information content (AvgIpc) is 2.47. The largest absolute Gasteiger partial charge is 0.348 e. The summed E-state index contributed by atoms with van der Waals surface area (Å²) in [6.07, 6.45) is 1.41. The molecule has 0 bridgehead atoms. The summed E-state index contributed by atoms with van der Waals surface area (Å²) in [5.74, 6) is 0.0584. The number of amides is 2. The summed E-state index contributed by atoms with van der Waals surface area (Å²) in [6.45, 7) is 3.02. The van der Waals surface area contributed by atoms with Crippen molar-refractivity contribution in [2.45, 2.75) is 31.3 Å². The van der Waals surface area contributed by atoms with Crippen LogP contribution >= 0.6 is 0 Å². The van der Waals surface area contributed by atoms with Gasteiger partial charge in [0.15, 0.2) is 0 Å². The van der Waals surface area contributed by atoms with Crippen LogP contribution in [0.2, 0.25) is 0 Å². The maximum atomic E-state index is 11.5. The number of nitrogens with zero attached hydrogens (tertiary/aromatic N) is 1. The first-order valence-corrected chi connectivity index (χ1v) is 4.88. The minimum atomic E-state index is -0.444. The smallest absolute Gasteiger partial charge is 0.239 e. The summed E-state index contributed by atoms with van der Waals surface area (Å²) in [5.41, 5.74) is 5.39. The van der Waals surface area contributed by atoms with Gasteiger partial charge in [-0.2, -0.15) is 0 Å². The van der Waals surface area contributed by atoms with Gasteiger partial charge in [0.2, 0.25) is 11.8 Å². The quantitative estimate of drug-likeness (QED) is 0.520. The molecule has 78 valence electrons. The van der Waals surface area contributed by atoms with Gasteiger partial charge < -0.3 is 16.0 Å². The number of β-lactam (4-membered cyclic amide) rings is 1. The molecule has 0 aliphatic carbocycles. The standard InChI is InChI=1S/C9H15N3O2/c1-6(10)8(14)12-3-2-9(5-12)4-7(13)11-9/h6H,2-5,10H2,1H3,(H,11,13)/t6-,9-/m0/s1. The Morgan fingerprint density at radius 1 is 1.71 bits per heavy atom. The Kier molecular flexibility index (Phi) is 1.99. The fraction of sp³-hybridized carbons (Fsp3) is 0.778. The zero-order valence-corrected chi connectivity index (χ0v) is 8.25. The van der Waals surface area contributed by atoms with Gasteiger partial charge in [0, 0.05) is 13.1 Å². The van der Waals surface area contributed by atoms with E-state index in [1.807, 2.05) is 0 Å². The molecule has 2 heterocycles. The Balaban J connectivity index is 1.95. The maximum Gasteiger partial charge on any atom is 0.239 e. The van der Waals surface area contributed by atoms with E-state index in [1.54, 1.807) is 11.8 Å². The van der Waals surface area contributed by atoms with Crippen molar-refractivity contribution in [3.63, 3.8) is 0 Å². The van der Waals surface area contributed by atoms with Crippen molar-refractivity contribution < 1.29 is 9.59 Å². The highest BCUT2D eigenvalue weighted by Gasteiger charge is 2.48. The van der Waals surface area contributed by atoms with Gasteiger partial charge in [0.1, 0.15) is 0 Å². The molecule has 0 aromatic rings. The molecule has 2 rings (SSSR count). The van der Waals surface area contributed by atoms with E-state index in [1.165, 1.54) is 0 Å². The number of carbonyl (C=O) groups excluding carboxylic acids is 2. The van der Waals surface area contributed by atoms with Crippen LogP contribution in [-0.2, 0) is 9.59 Å². The van der Waals surface area contributed by atoms with Crippen LogP contribution in [-0.4, -0.2) is 41.4 Å². The van der Waals surface area contributed by atoms with Gasteiger partial charge in [-0.3, -0.25) is 9.59 Å². The third-order valence-electron chi connectivity index (χ3n) is 2.96. The first kappa shape index (κ1) is 9.45. The fourth-order valence-electron chi connectivity index (χ4n) is 2.18. The number of rotatable bonds is 1. The first-order valence-electron chi connectivity index (χ1n) is 4.88. The van der Waals surface area contributed by atoms with Gasteiger partial charge in [0.05, 0.1) is 18.0 Å². The molecule has 14 heavy (non-hydrogen) atoms. The second kappa shape index (κ2) is 2.95. The lowest BCUT2D eigenvalue weighted by atomic mass is 9.86. The van der Waals surface area contributed by atoms with E-state index in [4.69, 9.17) is 5.73 Å². The van der Waals surface area contributed by atoms with Crippen molar-refractivity contribution in [3.05, 3.63) is 0 Å². The Hall–Kier alpha value is -1.10. The summed E-state index contributed by atoms with van der Waals surface area (Å²) in [7, 11) is 0. The number of nitrogens with one attached hydrogen (secondary N) is 1. The lowest BCUT2D eigenvalue weighted by Gasteiger charge is -2.38. The van der Waals surface area contributed by atoms with E-state index in [-0.39, 0.29) is 17.4 Å². The monoisotopic (exact) mass is 197 g/mol. The van der Waals surface area contributed by atoms with Crippen molar-refractivity contribution >= 4 is 11.8 Å². The van der Waals surface area contributed by atoms with Gasteiger partial charge >= 0.3 is 0 Å². The summed E-state index contributed by atoms with van der Waals surface area (Å²) in [5, 5.41) is 2.87. The van der Waals surface area contributed by atoms with E-state index in [9.17, 15) is 9.59 Å². The fourth-order valence-corrected chi connectivity index (χ4v) is 2.18. The molecule has 5 nitrogen and oxygen atoms in total. The Morgan fingerprint density at radius 2 is 2.36 bits per heavy atom. The Morgan fingerprint density at radius 3 is 2.86 bits per heavy atom. The molecule has 2 atom stereocenters. The average molecular weight is 197 g/mol. The molecule has 0 aromatic heterocycles. The van der Waals surface area contributed by atoms with Crippen LogP contribution in [0.4, 0.5) is 0 Å². The van der Waals surface area contributed by atoms with E-state index < -0.39 is 6.04 Å². The first-order chi connectivity index (χ1) is 6.52. The summed E-state index contributed by atoms with van der Waals surface area (Å²) >= 11 is 0. The highest BCUT2D eigenvalue weighted by Crippen LogP contribution is 2.31. The molecule has 5 heteroatoms. The normalized spacial score (nSPS) is 32.7. The SMILES string of the molecule is C[C@H](N)C(=O)N1CC[C@]2(CC(=O)N2)C1. The van der Waals surface area contributed by atoms with Crippen molar-refractivity contribution in [1.29, 1.82) is 0 Å². The molecule has 2 aliphatic heterocycles. The van der Waals surface area contributed by atoms with Gasteiger partial charge in [-0.05, 0) is 13.3 Å². The van der Waals surface area contributed by atoms with Crippen LogP contribution in [0.15, 0.2) is 0 Å². The molecule has 2 aliphatic rings. The van der Waals surface area contributed by atoms with Crippen LogP contribution in [0.25, 0.3) is 0 Å². The topological polar surface area (TPSA) is 75.4 Å². The van der Waals surface area contributed by atoms with E-state index in [0.29, 0.717) is 19.5 Å². The lowest BCUT2D eigenvalue weighted by molar-refractivity contribution is -0.135. The van der Waals surface area contributed by atoms with Crippen LogP contribution in [0, 0.1) is 0 Å². The number of carbonyl (C=O) groups is 2. The zero-order chi connectivity index (χ0) is 10.3. The van der Waals surface area contributed by atoms with Crippen molar-refractivity contribution in [1.82, 2.24) is 10.2 Å². The van der Waals surface area contributed by atoms with E-state index in [0.717, 1.165) is 6.42 Å². The molecule has 0 aromatic carbocycles. The van der Waals surface area contributed by atoms with Crippen molar-refractivity contribution in [2.24, 2.45) is 5.73 Å². The van der Waals surface area contributed by atoms with Gasteiger partial charge in [-0.15, -0.1) is 0 Å². The van der Waals surface area contributed by atoms with E-state index >= 15 is 0 Å².